The Balaban J connectivity index is 1.54. The highest BCUT2D eigenvalue weighted by atomic mass is 16.2. The van der Waals surface area contributed by atoms with Crippen molar-refractivity contribution in [1.29, 1.82) is 0 Å². The second-order valence-electron chi connectivity index (χ2n) is 7.09. The molecule has 7 nitrogen and oxygen atoms in total. The Morgan fingerprint density at radius 2 is 1.92 bits per heavy atom. The fraction of sp³-hybridized carbons (Fsp3) is 0.722. The summed E-state index contributed by atoms with van der Waals surface area (Å²) in [6.07, 6.45) is 6.81. The van der Waals surface area contributed by atoms with Gasteiger partial charge in [0.2, 0.25) is 5.91 Å². The highest BCUT2D eigenvalue weighted by molar-refractivity contribution is 5.90. The lowest BCUT2D eigenvalue weighted by atomic mass is 10.3. The molecule has 0 radical (unpaired) electrons. The summed E-state index contributed by atoms with van der Waals surface area (Å²) >= 11 is 0. The van der Waals surface area contributed by atoms with Gasteiger partial charge in [-0.15, -0.1) is 0 Å². The van der Waals surface area contributed by atoms with Crippen molar-refractivity contribution in [1.82, 2.24) is 19.6 Å². The number of carbonyl (C=O) groups is 2. The highest BCUT2D eigenvalue weighted by Crippen LogP contribution is 2.31. The van der Waals surface area contributed by atoms with Crippen molar-refractivity contribution in [3.8, 4) is 0 Å². The molecule has 1 aliphatic heterocycles. The number of carbonyl (C=O) groups excluding carboxylic acids is 2. The Bertz CT molecular complexity index is 623. The highest BCUT2D eigenvalue weighted by Gasteiger charge is 2.34. The van der Waals surface area contributed by atoms with Gasteiger partial charge in [-0.25, -0.2) is 4.79 Å². The van der Waals surface area contributed by atoms with E-state index in [4.69, 9.17) is 0 Å². The van der Waals surface area contributed by atoms with Crippen LogP contribution in [0, 0.1) is 12.8 Å². The normalized spacial score (nSPS) is 18.2. The largest absolute Gasteiger partial charge is 0.341 e. The number of amides is 3. The minimum Gasteiger partial charge on any atom is -0.341 e. The van der Waals surface area contributed by atoms with Crippen LogP contribution in [0.25, 0.3) is 0 Å². The van der Waals surface area contributed by atoms with Gasteiger partial charge < -0.3 is 15.1 Å². The van der Waals surface area contributed by atoms with Crippen LogP contribution >= 0.6 is 0 Å². The van der Waals surface area contributed by atoms with E-state index in [0.29, 0.717) is 19.6 Å². The van der Waals surface area contributed by atoms with E-state index in [2.05, 4.69) is 17.3 Å². The van der Waals surface area contributed by atoms with E-state index in [1.54, 1.807) is 6.20 Å². The summed E-state index contributed by atoms with van der Waals surface area (Å²) < 4.78 is 1.94. The third-order valence-corrected chi connectivity index (χ3v) is 5.09. The first kappa shape index (κ1) is 17.8. The van der Waals surface area contributed by atoms with E-state index in [1.165, 1.54) is 0 Å². The molecule has 7 heteroatoms. The molecular weight excluding hydrogens is 318 g/mol. The second kappa shape index (κ2) is 7.89. The summed E-state index contributed by atoms with van der Waals surface area (Å²) in [7, 11) is 0. The minimum atomic E-state index is -0.0983. The van der Waals surface area contributed by atoms with Gasteiger partial charge in [-0.05, 0) is 32.6 Å². The van der Waals surface area contributed by atoms with Crippen LogP contribution in [0.4, 0.5) is 10.5 Å². The van der Waals surface area contributed by atoms with Crippen LogP contribution in [0.5, 0.6) is 0 Å². The number of aromatic nitrogens is 2. The average Bonchev–Trinajstić information content (AvgIpc) is 3.42. The fourth-order valence-corrected chi connectivity index (χ4v) is 3.23. The van der Waals surface area contributed by atoms with Gasteiger partial charge in [-0.3, -0.25) is 9.48 Å². The molecule has 0 atom stereocenters. The first-order chi connectivity index (χ1) is 12.1. The molecule has 1 aromatic heterocycles. The van der Waals surface area contributed by atoms with Gasteiger partial charge in [-0.1, -0.05) is 13.3 Å². The first-order valence-electron chi connectivity index (χ1n) is 9.47. The minimum absolute atomic E-state index is 0.0983. The third kappa shape index (κ3) is 4.32. The lowest BCUT2D eigenvalue weighted by Gasteiger charge is -2.22. The van der Waals surface area contributed by atoms with Gasteiger partial charge in [0.15, 0.2) is 0 Å². The maximum Gasteiger partial charge on any atom is 0.322 e. The van der Waals surface area contributed by atoms with Gasteiger partial charge in [0.1, 0.15) is 0 Å². The topological polar surface area (TPSA) is 70.5 Å². The van der Waals surface area contributed by atoms with Gasteiger partial charge in [0, 0.05) is 38.6 Å². The van der Waals surface area contributed by atoms with Crippen molar-refractivity contribution >= 4 is 17.6 Å². The van der Waals surface area contributed by atoms with Gasteiger partial charge in [-0.2, -0.15) is 5.10 Å². The van der Waals surface area contributed by atoms with E-state index < -0.39 is 0 Å². The number of hydrogen-bond acceptors (Lipinski definition) is 3. The summed E-state index contributed by atoms with van der Waals surface area (Å²) in [4.78, 5) is 28.5. The Hall–Kier alpha value is -2.05. The molecule has 1 saturated carbocycles. The molecule has 0 bridgehead atoms. The van der Waals surface area contributed by atoms with Crippen LogP contribution in [-0.2, 0) is 11.3 Å². The van der Waals surface area contributed by atoms with Gasteiger partial charge >= 0.3 is 6.03 Å². The molecule has 0 aromatic carbocycles. The summed E-state index contributed by atoms with van der Waals surface area (Å²) in [5.74, 6) is 0.521. The lowest BCUT2D eigenvalue weighted by molar-refractivity contribution is -0.132. The Labute approximate surface area is 149 Å². The van der Waals surface area contributed by atoms with Gasteiger partial charge in [0.05, 0.1) is 17.6 Å². The predicted molar refractivity (Wildman–Crippen MR) is 96.4 cm³/mol. The van der Waals surface area contributed by atoms with Crippen molar-refractivity contribution in [2.24, 2.45) is 5.92 Å². The summed E-state index contributed by atoms with van der Waals surface area (Å²) in [6.45, 7) is 7.68. The molecule has 1 saturated heterocycles. The smallest absolute Gasteiger partial charge is 0.322 e. The molecule has 3 rings (SSSR count). The molecular formula is C18H29N5O2. The van der Waals surface area contributed by atoms with Crippen LogP contribution in [0.1, 0.15) is 44.7 Å². The monoisotopic (exact) mass is 347 g/mol. The van der Waals surface area contributed by atoms with Crippen LogP contribution in [-0.4, -0.2) is 57.7 Å². The number of anilines is 1. The molecule has 2 fully saturated rings. The van der Waals surface area contributed by atoms with Crippen molar-refractivity contribution in [3.05, 3.63) is 11.9 Å². The zero-order valence-electron chi connectivity index (χ0n) is 15.3. The summed E-state index contributed by atoms with van der Waals surface area (Å²) in [5.41, 5.74) is 1.76. The van der Waals surface area contributed by atoms with E-state index in [0.717, 1.165) is 56.6 Å². The molecule has 1 aliphatic carbocycles. The predicted octanol–water partition coefficient (Wildman–Crippen LogP) is 2.47. The van der Waals surface area contributed by atoms with E-state index in [-0.39, 0.29) is 17.9 Å². The van der Waals surface area contributed by atoms with Gasteiger partial charge in [0.25, 0.3) is 0 Å². The zero-order valence-corrected chi connectivity index (χ0v) is 15.3. The number of unbranched alkanes of at least 4 members (excludes halogenated alkanes) is 1. The first-order valence-corrected chi connectivity index (χ1v) is 9.47. The molecule has 0 unspecified atom stereocenters. The second-order valence-corrected chi connectivity index (χ2v) is 7.09. The zero-order chi connectivity index (χ0) is 17.8. The summed E-state index contributed by atoms with van der Waals surface area (Å²) in [5, 5.41) is 7.35. The number of urea groups is 1. The Kier molecular flexibility index (Phi) is 5.60. The van der Waals surface area contributed by atoms with Crippen molar-refractivity contribution < 1.29 is 9.59 Å². The van der Waals surface area contributed by atoms with Crippen LogP contribution < -0.4 is 5.32 Å². The average molecular weight is 347 g/mol. The molecule has 1 N–H and O–H groups in total. The van der Waals surface area contributed by atoms with Crippen molar-refractivity contribution in [2.75, 3.05) is 31.5 Å². The Morgan fingerprint density at radius 3 is 2.64 bits per heavy atom. The molecule has 3 amide bonds. The SMILES string of the molecule is CCCCn1ncc(NC(=O)N2CCCN(C(=O)C3CC3)CC2)c1C. The maximum atomic E-state index is 12.6. The quantitative estimate of drug-likeness (QED) is 0.889. The van der Waals surface area contributed by atoms with Crippen molar-refractivity contribution in [2.45, 2.75) is 52.5 Å². The molecule has 2 aliphatic rings. The third-order valence-electron chi connectivity index (χ3n) is 5.09. The lowest BCUT2D eigenvalue weighted by Crippen LogP contribution is -2.39. The van der Waals surface area contributed by atoms with E-state index in [1.807, 2.05) is 21.4 Å². The number of rotatable bonds is 5. The van der Waals surface area contributed by atoms with Crippen LogP contribution in [0.2, 0.25) is 0 Å². The molecule has 0 spiro atoms. The maximum absolute atomic E-state index is 12.6. The standard InChI is InChI=1S/C18H29N5O2/c1-3-4-10-23-14(2)16(13-19-23)20-18(25)22-9-5-8-21(11-12-22)17(24)15-6-7-15/h13,15H,3-12H2,1-2H3,(H,20,25). The summed E-state index contributed by atoms with van der Waals surface area (Å²) in [6, 6.07) is -0.0983. The van der Waals surface area contributed by atoms with E-state index >= 15 is 0 Å². The molecule has 2 heterocycles. The number of nitrogens with zero attached hydrogens (tertiary/aromatic N) is 4. The molecule has 1 aromatic rings. The molecule has 25 heavy (non-hydrogen) atoms. The number of hydrogen-bond donors (Lipinski definition) is 1. The number of aryl methyl sites for hydroxylation is 1. The number of nitrogens with one attached hydrogen (secondary N) is 1. The van der Waals surface area contributed by atoms with Crippen LogP contribution in [0.3, 0.4) is 0 Å². The Morgan fingerprint density at radius 1 is 1.20 bits per heavy atom. The molecule has 138 valence electrons. The van der Waals surface area contributed by atoms with Crippen molar-refractivity contribution in [3.63, 3.8) is 0 Å². The fourth-order valence-electron chi connectivity index (χ4n) is 3.23. The van der Waals surface area contributed by atoms with E-state index in [9.17, 15) is 9.59 Å². The van der Waals surface area contributed by atoms with Crippen LogP contribution in [0.15, 0.2) is 6.20 Å².